The number of halogens is 3. The average Bonchev–Trinajstić information content (AvgIpc) is 2.69. The molecule has 2 aromatic carbocycles. The summed E-state index contributed by atoms with van der Waals surface area (Å²) < 4.78 is 43.8. The van der Waals surface area contributed by atoms with E-state index in [9.17, 15) is 18.3 Å². The maximum absolute atomic E-state index is 12.7. The van der Waals surface area contributed by atoms with Crippen LogP contribution in [0.3, 0.4) is 0 Å². The Morgan fingerprint density at radius 3 is 2.13 bits per heavy atom. The minimum atomic E-state index is -4.31. The largest absolute Gasteiger partial charge is 0.491 e. The van der Waals surface area contributed by atoms with Crippen LogP contribution in [0, 0.1) is 0 Å². The number of likely N-dealkylation sites (tertiary alicyclic amines) is 1. The Morgan fingerprint density at radius 2 is 1.61 bits per heavy atom. The molecular weight excluding hydrogens is 405 g/mol. The Labute approximate surface area is 182 Å². The van der Waals surface area contributed by atoms with Gasteiger partial charge in [0, 0.05) is 38.9 Å². The maximum atomic E-state index is 12.7. The Kier molecular flexibility index (Phi) is 7.17. The zero-order chi connectivity index (χ0) is 22.6. The van der Waals surface area contributed by atoms with E-state index in [2.05, 4.69) is 4.90 Å². The molecule has 1 heterocycles. The molecule has 0 bridgehead atoms. The van der Waals surface area contributed by atoms with Crippen LogP contribution in [0.2, 0.25) is 0 Å². The molecule has 1 N–H and O–H groups in total. The molecule has 2 aromatic rings. The van der Waals surface area contributed by atoms with Crippen LogP contribution in [0.4, 0.5) is 18.9 Å². The van der Waals surface area contributed by atoms with E-state index in [0.29, 0.717) is 39.0 Å². The second kappa shape index (κ2) is 9.49. The Balaban J connectivity index is 1.50. The fourth-order valence-electron chi connectivity index (χ4n) is 3.93. The first-order chi connectivity index (χ1) is 14.5. The van der Waals surface area contributed by atoms with E-state index >= 15 is 0 Å². The second-order valence-electron chi connectivity index (χ2n) is 8.71. The average molecular weight is 437 g/mol. The van der Waals surface area contributed by atoms with Gasteiger partial charge in [-0.25, -0.2) is 0 Å². The van der Waals surface area contributed by atoms with E-state index in [0.717, 1.165) is 29.1 Å². The zero-order valence-corrected chi connectivity index (χ0v) is 18.3. The molecule has 3 rings (SSSR count). The molecule has 0 unspecified atom stereocenters. The number of aliphatic hydroxyl groups is 1. The number of nitrogens with zero attached hydrogens (tertiary/aromatic N) is 2. The van der Waals surface area contributed by atoms with E-state index in [1.54, 1.807) is 0 Å². The fraction of sp³-hybridized carbons (Fsp3) is 0.500. The topological polar surface area (TPSA) is 35.9 Å². The monoisotopic (exact) mass is 436 g/mol. The molecule has 0 saturated carbocycles. The van der Waals surface area contributed by atoms with Crippen LogP contribution < -0.4 is 9.64 Å². The van der Waals surface area contributed by atoms with Crippen LogP contribution in [0.1, 0.15) is 37.8 Å². The van der Waals surface area contributed by atoms with Crippen LogP contribution in [0.5, 0.6) is 5.75 Å². The molecule has 0 atom stereocenters. The molecule has 0 aliphatic carbocycles. The van der Waals surface area contributed by atoms with Crippen molar-refractivity contribution in [3.63, 3.8) is 0 Å². The number of likely N-dealkylation sites (N-methyl/N-ethyl adjacent to an activating group) is 1. The van der Waals surface area contributed by atoms with Crippen molar-refractivity contribution in [3.05, 3.63) is 59.7 Å². The summed E-state index contributed by atoms with van der Waals surface area (Å²) in [6, 6.07) is 13.2. The Morgan fingerprint density at radius 1 is 1.03 bits per heavy atom. The summed E-state index contributed by atoms with van der Waals surface area (Å²) in [5.41, 5.74) is 0.436. The van der Waals surface area contributed by atoms with Crippen molar-refractivity contribution in [2.24, 2.45) is 0 Å². The summed E-state index contributed by atoms with van der Waals surface area (Å²) in [6.07, 6.45) is -2.95. The van der Waals surface area contributed by atoms with Crippen molar-refractivity contribution in [2.45, 2.75) is 51.1 Å². The second-order valence-corrected chi connectivity index (χ2v) is 8.71. The van der Waals surface area contributed by atoms with Gasteiger partial charge in [0.05, 0.1) is 17.3 Å². The van der Waals surface area contributed by atoms with Gasteiger partial charge in [0.15, 0.2) is 0 Å². The van der Waals surface area contributed by atoms with E-state index in [4.69, 9.17) is 4.74 Å². The maximum Gasteiger partial charge on any atom is 0.416 e. The zero-order valence-electron chi connectivity index (χ0n) is 18.3. The van der Waals surface area contributed by atoms with Gasteiger partial charge < -0.3 is 14.7 Å². The van der Waals surface area contributed by atoms with Crippen molar-refractivity contribution in [3.8, 4) is 5.75 Å². The highest BCUT2D eigenvalue weighted by Gasteiger charge is 2.34. The summed E-state index contributed by atoms with van der Waals surface area (Å²) in [7, 11) is 1.96. The molecule has 7 heteroatoms. The van der Waals surface area contributed by atoms with E-state index in [-0.39, 0.29) is 6.10 Å². The molecule has 31 heavy (non-hydrogen) atoms. The minimum Gasteiger partial charge on any atom is -0.491 e. The van der Waals surface area contributed by atoms with Crippen molar-refractivity contribution in [1.29, 1.82) is 0 Å². The van der Waals surface area contributed by atoms with Crippen LogP contribution in [0.15, 0.2) is 48.5 Å². The third-order valence-corrected chi connectivity index (χ3v) is 5.65. The van der Waals surface area contributed by atoms with Crippen LogP contribution in [0.25, 0.3) is 0 Å². The molecule has 1 aliphatic rings. The highest BCUT2D eigenvalue weighted by molar-refractivity contribution is 5.48. The lowest BCUT2D eigenvalue weighted by molar-refractivity contribution is -0.137. The van der Waals surface area contributed by atoms with Gasteiger partial charge in [0.25, 0.3) is 0 Å². The quantitative estimate of drug-likeness (QED) is 0.666. The number of rotatable bonds is 7. The summed E-state index contributed by atoms with van der Waals surface area (Å²) in [5.74, 6) is 0.822. The molecule has 0 aromatic heterocycles. The van der Waals surface area contributed by atoms with Gasteiger partial charge in [-0.2, -0.15) is 13.2 Å². The van der Waals surface area contributed by atoms with Gasteiger partial charge in [0.1, 0.15) is 5.75 Å². The van der Waals surface area contributed by atoms with Crippen molar-refractivity contribution in [1.82, 2.24) is 4.90 Å². The first-order valence-electron chi connectivity index (χ1n) is 10.6. The van der Waals surface area contributed by atoms with Crippen LogP contribution in [-0.2, 0) is 12.7 Å². The van der Waals surface area contributed by atoms with Gasteiger partial charge in [-0.1, -0.05) is 12.1 Å². The van der Waals surface area contributed by atoms with Gasteiger partial charge in [-0.3, -0.25) is 4.90 Å². The van der Waals surface area contributed by atoms with Gasteiger partial charge in [-0.15, -0.1) is 0 Å². The number of anilines is 1. The van der Waals surface area contributed by atoms with E-state index in [1.807, 2.05) is 50.1 Å². The molecular formula is C24H31F3N2O2. The number of alkyl halides is 3. The first kappa shape index (κ1) is 23.4. The number of benzene rings is 2. The summed E-state index contributed by atoms with van der Waals surface area (Å²) >= 11 is 0. The molecule has 170 valence electrons. The smallest absolute Gasteiger partial charge is 0.416 e. The van der Waals surface area contributed by atoms with Crippen molar-refractivity contribution >= 4 is 5.69 Å². The number of hydrogen-bond donors (Lipinski definition) is 1. The third kappa shape index (κ3) is 6.61. The van der Waals surface area contributed by atoms with E-state index < -0.39 is 17.3 Å². The first-order valence-corrected chi connectivity index (χ1v) is 10.6. The Hall–Kier alpha value is -2.25. The number of piperidine rings is 1. The lowest BCUT2D eigenvalue weighted by Gasteiger charge is -2.40. The molecule has 0 amide bonds. The molecule has 0 spiro atoms. The lowest BCUT2D eigenvalue weighted by atomic mass is 9.90. The summed E-state index contributed by atoms with van der Waals surface area (Å²) in [5, 5.41) is 11.1. The van der Waals surface area contributed by atoms with Crippen molar-refractivity contribution in [2.75, 3.05) is 31.6 Å². The summed E-state index contributed by atoms with van der Waals surface area (Å²) in [6.45, 7) is 6.48. The third-order valence-electron chi connectivity index (χ3n) is 5.65. The van der Waals surface area contributed by atoms with Gasteiger partial charge in [-0.05, 0) is 68.7 Å². The van der Waals surface area contributed by atoms with Crippen LogP contribution in [-0.4, -0.2) is 48.4 Å². The predicted octanol–water partition coefficient (Wildman–Crippen LogP) is 4.96. The number of ether oxygens (including phenoxy) is 1. The fourth-order valence-corrected chi connectivity index (χ4v) is 3.93. The lowest BCUT2D eigenvalue weighted by Crippen LogP contribution is -2.50. The molecule has 1 fully saturated rings. The predicted molar refractivity (Wildman–Crippen MR) is 116 cm³/mol. The molecule has 4 nitrogen and oxygen atoms in total. The standard InChI is InChI=1S/C24H31F3N2O2/c1-18(2)31-22-10-8-21(9-11-22)28(3)17-23(30)12-14-29(15-13-23)16-19-4-6-20(7-5-19)24(25,26)27/h4-11,18,30H,12-17H2,1-3H3. The normalized spacial score (nSPS) is 17.0. The molecule has 0 radical (unpaired) electrons. The Bertz CT molecular complexity index is 827. The SMILES string of the molecule is CC(C)Oc1ccc(N(C)CC2(O)CCN(Cc3ccc(C(F)(F)F)cc3)CC2)cc1. The number of hydrogen-bond acceptors (Lipinski definition) is 4. The van der Waals surface area contributed by atoms with E-state index in [1.165, 1.54) is 12.1 Å². The van der Waals surface area contributed by atoms with Gasteiger partial charge >= 0.3 is 6.18 Å². The molecule has 1 saturated heterocycles. The van der Waals surface area contributed by atoms with Gasteiger partial charge in [0.2, 0.25) is 0 Å². The molecule has 1 aliphatic heterocycles. The summed E-state index contributed by atoms with van der Waals surface area (Å²) in [4.78, 5) is 4.22. The highest BCUT2D eigenvalue weighted by atomic mass is 19.4. The van der Waals surface area contributed by atoms with Crippen molar-refractivity contribution < 1.29 is 23.0 Å². The van der Waals surface area contributed by atoms with Crippen LogP contribution >= 0.6 is 0 Å². The highest BCUT2D eigenvalue weighted by Crippen LogP contribution is 2.30. The minimum absolute atomic E-state index is 0.122.